The van der Waals surface area contributed by atoms with E-state index in [9.17, 15) is 4.79 Å². The van der Waals surface area contributed by atoms with Gasteiger partial charge in [-0.15, -0.1) is 24.8 Å². The standard InChI is InChI=1S/C18H21N3O2.2ClH/c1-13-17(6-3-9-20-13)21-18(22)14-4-2-5-16(12-14)23-15-7-10-19-11-8-15;;/h2,4-5,7-8,10-13,17,20H,3,6,9H2,1H3,(H,21,22);2*1H. The van der Waals surface area contributed by atoms with Gasteiger partial charge in [-0.25, -0.2) is 0 Å². The summed E-state index contributed by atoms with van der Waals surface area (Å²) in [5, 5.41) is 6.50. The maximum atomic E-state index is 12.5. The van der Waals surface area contributed by atoms with Crippen molar-refractivity contribution in [2.24, 2.45) is 0 Å². The van der Waals surface area contributed by atoms with Crippen LogP contribution in [-0.4, -0.2) is 29.5 Å². The van der Waals surface area contributed by atoms with Crippen LogP contribution < -0.4 is 15.4 Å². The van der Waals surface area contributed by atoms with E-state index in [-0.39, 0.29) is 36.8 Å². The summed E-state index contributed by atoms with van der Waals surface area (Å²) < 4.78 is 5.75. The summed E-state index contributed by atoms with van der Waals surface area (Å²) in [6.45, 7) is 3.12. The third kappa shape index (κ3) is 5.88. The highest BCUT2D eigenvalue weighted by molar-refractivity contribution is 5.94. The molecule has 5 nitrogen and oxygen atoms in total. The molecule has 1 saturated heterocycles. The molecule has 2 unspecified atom stereocenters. The fraction of sp³-hybridized carbons (Fsp3) is 0.333. The maximum absolute atomic E-state index is 12.5. The third-order valence-electron chi connectivity index (χ3n) is 4.06. The van der Waals surface area contributed by atoms with Crippen molar-refractivity contribution in [3.8, 4) is 11.5 Å². The SMILES string of the molecule is CC1NCCCC1NC(=O)c1cccc(Oc2ccncc2)c1.Cl.Cl. The number of benzene rings is 1. The van der Waals surface area contributed by atoms with Gasteiger partial charge in [-0.3, -0.25) is 9.78 Å². The van der Waals surface area contributed by atoms with Crippen LogP contribution >= 0.6 is 24.8 Å². The molecule has 2 aromatic rings. The van der Waals surface area contributed by atoms with E-state index in [4.69, 9.17) is 4.74 Å². The maximum Gasteiger partial charge on any atom is 0.251 e. The molecule has 1 aromatic heterocycles. The molecule has 0 spiro atoms. The van der Waals surface area contributed by atoms with Crippen LogP contribution in [0.4, 0.5) is 0 Å². The van der Waals surface area contributed by atoms with E-state index in [0.717, 1.165) is 19.4 Å². The van der Waals surface area contributed by atoms with Crippen LogP contribution in [-0.2, 0) is 0 Å². The first-order valence-electron chi connectivity index (χ1n) is 7.94. The summed E-state index contributed by atoms with van der Waals surface area (Å²) in [6.07, 6.45) is 5.43. The van der Waals surface area contributed by atoms with Crippen LogP contribution in [0.5, 0.6) is 11.5 Å². The Kier molecular flexibility index (Phi) is 8.69. The Labute approximate surface area is 160 Å². The average Bonchev–Trinajstić information content (AvgIpc) is 2.58. The zero-order valence-electron chi connectivity index (χ0n) is 14.0. The number of carbonyl (C=O) groups excluding carboxylic acids is 1. The molecule has 1 aliphatic heterocycles. The van der Waals surface area contributed by atoms with Gasteiger partial charge in [0.05, 0.1) is 0 Å². The molecular weight excluding hydrogens is 361 g/mol. The molecule has 0 saturated carbocycles. The quantitative estimate of drug-likeness (QED) is 0.846. The molecule has 2 heterocycles. The molecular formula is C18H23Cl2N3O2. The zero-order valence-corrected chi connectivity index (χ0v) is 15.6. The van der Waals surface area contributed by atoms with Gasteiger partial charge in [-0.05, 0) is 56.6 Å². The molecule has 0 bridgehead atoms. The minimum Gasteiger partial charge on any atom is -0.457 e. The van der Waals surface area contributed by atoms with E-state index < -0.39 is 0 Å². The van der Waals surface area contributed by atoms with E-state index in [2.05, 4.69) is 22.5 Å². The zero-order chi connectivity index (χ0) is 16.1. The van der Waals surface area contributed by atoms with E-state index in [1.165, 1.54) is 0 Å². The van der Waals surface area contributed by atoms with Crippen molar-refractivity contribution in [3.63, 3.8) is 0 Å². The lowest BCUT2D eigenvalue weighted by atomic mass is 9.99. The van der Waals surface area contributed by atoms with E-state index in [0.29, 0.717) is 23.1 Å². The molecule has 3 rings (SSSR count). The van der Waals surface area contributed by atoms with Crippen LogP contribution in [0.2, 0.25) is 0 Å². The van der Waals surface area contributed by atoms with Gasteiger partial charge in [-0.2, -0.15) is 0 Å². The monoisotopic (exact) mass is 383 g/mol. The number of nitrogens with one attached hydrogen (secondary N) is 2. The number of carbonyl (C=O) groups is 1. The molecule has 1 amide bonds. The first-order valence-corrected chi connectivity index (χ1v) is 7.94. The lowest BCUT2D eigenvalue weighted by molar-refractivity contribution is 0.0919. The van der Waals surface area contributed by atoms with Crippen molar-refractivity contribution < 1.29 is 9.53 Å². The van der Waals surface area contributed by atoms with Gasteiger partial charge in [0.15, 0.2) is 0 Å². The van der Waals surface area contributed by atoms with Gasteiger partial charge in [-0.1, -0.05) is 6.07 Å². The Morgan fingerprint density at radius 1 is 1.20 bits per heavy atom. The van der Waals surface area contributed by atoms with Gasteiger partial charge in [0.1, 0.15) is 11.5 Å². The Hall–Kier alpha value is -1.82. The van der Waals surface area contributed by atoms with Gasteiger partial charge in [0, 0.05) is 30.0 Å². The number of hydrogen-bond acceptors (Lipinski definition) is 4. The second kappa shape index (κ2) is 10.2. The summed E-state index contributed by atoms with van der Waals surface area (Å²) in [5.41, 5.74) is 0.606. The Morgan fingerprint density at radius 3 is 2.68 bits per heavy atom. The van der Waals surface area contributed by atoms with Gasteiger partial charge < -0.3 is 15.4 Å². The number of rotatable bonds is 4. The summed E-state index contributed by atoms with van der Waals surface area (Å²) in [5.74, 6) is 1.27. The van der Waals surface area contributed by atoms with Crippen molar-refractivity contribution in [1.29, 1.82) is 0 Å². The van der Waals surface area contributed by atoms with E-state index >= 15 is 0 Å². The minimum absolute atomic E-state index is 0. The predicted molar refractivity (Wildman–Crippen MR) is 103 cm³/mol. The number of aromatic nitrogens is 1. The number of pyridine rings is 1. The van der Waals surface area contributed by atoms with Gasteiger partial charge in [0.2, 0.25) is 0 Å². The van der Waals surface area contributed by atoms with Crippen molar-refractivity contribution >= 4 is 30.7 Å². The first-order chi connectivity index (χ1) is 11.2. The molecule has 0 radical (unpaired) electrons. The van der Waals surface area contributed by atoms with Crippen LogP contribution in [0, 0.1) is 0 Å². The smallest absolute Gasteiger partial charge is 0.251 e. The van der Waals surface area contributed by atoms with E-state index in [1.807, 2.05) is 12.1 Å². The topological polar surface area (TPSA) is 63.2 Å². The van der Waals surface area contributed by atoms with Crippen LogP contribution in [0.1, 0.15) is 30.1 Å². The second-order valence-corrected chi connectivity index (χ2v) is 5.78. The highest BCUT2D eigenvalue weighted by atomic mass is 35.5. The molecule has 0 aliphatic carbocycles. The summed E-state index contributed by atoms with van der Waals surface area (Å²) >= 11 is 0. The summed E-state index contributed by atoms with van der Waals surface area (Å²) in [6, 6.07) is 11.2. The molecule has 7 heteroatoms. The van der Waals surface area contributed by atoms with E-state index in [1.54, 1.807) is 36.7 Å². The van der Waals surface area contributed by atoms with Crippen molar-refractivity contribution in [1.82, 2.24) is 15.6 Å². The number of amides is 1. The Morgan fingerprint density at radius 2 is 1.96 bits per heavy atom. The average molecular weight is 384 g/mol. The number of nitrogens with zero attached hydrogens (tertiary/aromatic N) is 1. The van der Waals surface area contributed by atoms with Crippen LogP contribution in [0.25, 0.3) is 0 Å². The fourth-order valence-electron chi connectivity index (χ4n) is 2.74. The normalized spacial score (nSPS) is 19.1. The largest absolute Gasteiger partial charge is 0.457 e. The molecule has 25 heavy (non-hydrogen) atoms. The molecule has 2 atom stereocenters. The Bertz CT molecular complexity index is 670. The number of halogens is 2. The van der Waals surface area contributed by atoms with Crippen molar-refractivity contribution in [3.05, 3.63) is 54.4 Å². The predicted octanol–water partition coefficient (Wildman–Crippen LogP) is 3.59. The highest BCUT2D eigenvalue weighted by Crippen LogP contribution is 2.21. The summed E-state index contributed by atoms with van der Waals surface area (Å²) in [4.78, 5) is 16.4. The van der Waals surface area contributed by atoms with Crippen LogP contribution in [0.15, 0.2) is 48.8 Å². The minimum atomic E-state index is -0.0641. The van der Waals surface area contributed by atoms with Crippen molar-refractivity contribution in [2.75, 3.05) is 6.54 Å². The molecule has 1 aliphatic rings. The number of ether oxygens (including phenoxy) is 1. The third-order valence-corrected chi connectivity index (χ3v) is 4.06. The summed E-state index contributed by atoms with van der Waals surface area (Å²) in [7, 11) is 0. The van der Waals surface area contributed by atoms with Crippen LogP contribution in [0.3, 0.4) is 0 Å². The molecule has 2 N–H and O–H groups in total. The molecule has 1 aromatic carbocycles. The number of piperidine rings is 1. The van der Waals surface area contributed by atoms with Crippen molar-refractivity contribution in [2.45, 2.75) is 31.8 Å². The second-order valence-electron chi connectivity index (χ2n) is 5.78. The molecule has 136 valence electrons. The highest BCUT2D eigenvalue weighted by Gasteiger charge is 2.22. The fourth-order valence-corrected chi connectivity index (χ4v) is 2.74. The molecule has 1 fully saturated rings. The van der Waals surface area contributed by atoms with Gasteiger partial charge >= 0.3 is 0 Å². The number of hydrogen-bond donors (Lipinski definition) is 2. The first kappa shape index (κ1) is 21.2. The van der Waals surface area contributed by atoms with Gasteiger partial charge in [0.25, 0.3) is 5.91 Å². The Balaban J connectivity index is 0.00000156. The lowest BCUT2D eigenvalue weighted by Gasteiger charge is -2.30. The lowest BCUT2D eigenvalue weighted by Crippen LogP contribution is -2.51.